The molecule has 0 saturated heterocycles. The van der Waals surface area contributed by atoms with E-state index < -0.39 is 5.91 Å². The van der Waals surface area contributed by atoms with Gasteiger partial charge in [0.25, 0.3) is 5.91 Å². The number of likely N-dealkylation sites (N-methyl/N-ethyl adjacent to an activating group) is 1. The average molecular weight is 315 g/mol. The van der Waals surface area contributed by atoms with E-state index in [4.69, 9.17) is 0 Å². The van der Waals surface area contributed by atoms with Crippen molar-refractivity contribution >= 4 is 23.5 Å². The normalized spacial score (nSPS) is 10.0. The molecule has 3 N–H and O–H groups in total. The molecule has 2 aromatic rings. The molecule has 8 heteroatoms. The molecular formula is C15H17N5O3. The summed E-state index contributed by atoms with van der Waals surface area (Å²) < 4.78 is 1.45. The summed E-state index contributed by atoms with van der Waals surface area (Å²) in [4.78, 5) is 34.6. The predicted molar refractivity (Wildman–Crippen MR) is 84.3 cm³/mol. The molecule has 0 aliphatic heterocycles. The molecule has 23 heavy (non-hydrogen) atoms. The maximum Gasteiger partial charge on any atom is 0.272 e. The van der Waals surface area contributed by atoms with Crippen LogP contribution in [0.15, 0.2) is 36.4 Å². The van der Waals surface area contributed by atoms with E-state index in [2.05, 4.69) is 21.0 Å². The Morgan fingerprint density at radius 2 is 1.87 bits per heavy atom. The van der Waals surface area contributed by atoms with E-state index in [9.17, 15) is 14.4 Å². The molecule has 0 radical (unpaired) electrons. The van der Waals surface area contributed by atoms with Gasteiger partial charge in [0.15, 0.2) is 5.69 Å². The Bertz CT molecular complexity index is 724. The lowest BCUT2D eigenvalue weighted by Crippen LogP contribution is -2.35. The van der Waals surface area contributed by atoms with Crippen LogP contribution in [-0.2, 0) is 9.59 Å². The summed E-state index contributed by atoms with van der Waals surface area (Å²) in [5.41, 5.74) is 0.795. The fourth-order valence-corrected chi connectivity index (χ4v) is 1.87. The third-order valence-corrected chi connectivity index (χ3v) is 2.94. The van der Waals surface area contributed by atoms with Crippen LogP contribution < -0.4 is 16.0 Å². The molecule has 0 unspecified atom stereocenters. The van der Waals surface area contributed by atoms with Crippen molar-refractivity contribution in [2.24, 2.45) is 0 Å². The SMILES string of the molecule is CNC(=O)CNC(=O)c1cc(NC(C)=O)n(-c2ccccc2)n1. The molecule has 3 amide bonds. The van der Waals surface area contributed by atoms with E-state index >= 15 is 0 Å². The number of para-hydroxylation sites is 1. The van der Waals surface area contributed by atoms with Crippen molar-refractivity contribution in [3.8, 4) is 5.69 Å². The monoisotopic (exact) mass is 315 g/mol. The van der Waals surface area contributed by atoms with Crippen LogP contribution >= 0.6 is 0 Å². The highest BCUT2D eigenvalue weighted by atomic mass is 16.2. The van der Waals surface area contributed by atoms with Gasteiger partial charge in [0.2, 0.25) is 11.8 Å². The van der Waals surface area contributed by atoms with Gasteiger partial charge in [-0.25, -0.2) is 4.68 Å². The fraction of sp³-hybridized carbons (Fsp3) is 0.200. The molecule has 0 aliphatic rings. The zero-order chi connectivity index (χ0) is 16.8. The molecular weight excluding hydrogens is 298 g/mol. The van der Waals surface area contributed by atoms with Gasteiger partial charge >= 0.3 is 0 Å². The Labute approximate surface area is 132 Å². The highest BCUT2D eigenvalue weighted by Crippen LogP contribution is 2.17. The number of amides is 3. The third kappa shape index (κ3) is 4.16. The summed E-state index contributed by atoms with van der Waals surface area (Å²) in [6, 6.07) is 10.5. The fourth-order valence-electron chi connectivity index (χ4n) is 1.87. The van der Waals surface area contributed by atoms with Crippen LogP contribution in [0.25, 0.3) is 5.69 Å². The number of carbonyl (C=O) groups excluding carboxylic acids is 3. The maximum absolute atomic E-state index is 12.1. The lowest BCUT2D eigenvalue weighted by Gasteiger charge is -2.06. The standard InChI is InChI=1S/C15H17N5O3/c1-10(21)18-13-8-12(15(23)17-9-14(22)16-2)19-20(13)11-6-4-3-5-7-11/h3-8H,9H2,1-2H3,(H,16,22)(H,17,23)(H,18,21). The Hall–Kier alpha value is -3.16. The summed E-state index contributed by atoms with van der Waals surface area (Å²) >= 11 is 0. The van der Waals surface area contributed by atoms with Crippen LogP contribution in [0.4, 0.5) is 5.82 Å². The van der Waals surface area contributed by atoms with Crippen molar-refractivity contribution in [2.45, 2.75) is 6.92 Å². The van der Waals surface area contributed by atoms with Crippen LogP contribution in [0.5, 0.6) is 0 Å². The number of hydrogen-bond acceptors (Lipinski definition) is 4. The molecule has 0 bridgehead atoms. The Morgan fingerprint density at radius 1 is 1.17 bits per heavy atom. The predicted octanol–water partition coefficient (Wildman–Crippen LogP) is 0.306. The zero-order valence-electron chi connectivity index (χ0n) is 12.8. The molecule has 1 aromatic heterocycles. The van der Waals surface area contributed by atoms with Crippen molar-refractivity contribution in [1.82, 2.24) is 20.4 Å². The Kier molecular flexibility index (Phi) is 5.08. The first-order chi connectivity index (χ1) is 11.0. The topological polar surface area (TPSA) is 105 Å². The van der Waals surface area contributed by atoms with Crippen LogP contribution in [0.3, 0.4) is 0 Å². The number of aromatic nitrogens is 2. The molecule has 0 atom stereocenters. The highest BCUT2D eigenvalue weighted by Gasteiger charge is 2.16. The van der Waals surface area contributed by atoms with Crippen molar-refractivity contribution in [3.05, 3.63) is 42.1 Å². The van der Waals surface area contributed by atoms with Crippen LogP contribution in [0, 0.1) is 0 Å². The summed E-state index contributed by atoms with van der Waals surface area (Å²) in [6.07, 6.45) is 0. The van der Waals surface area contributed by atoms with Gasteiger partial charge in [-0.3, -0.25) is 14.4 Å². The second-order valence-corrected chi connectivity index (χ2v) is 4.70. The second kappa shape index (κ2) is 7.21. The second-order valence-electron chi connectivity index (χ2n) is 4.70. The summed E-state index contributed by atoms with van der Waals surface area (Å²) in [5, 5.41) is 11.7. The van der Waals surface area contributed by atoms with Crippen molar-refractivity contribution < 1.29 is 14.4 Å². The molecule has 0 aliphatic carbocycles. The Balaban J connectivity index is 2.28. The number of rotatable bonds is 5. The number of benzene rings is 1. The third-order valence-electron chi connectivity index (χ3n) is 2.94. The first kappa shape index (κ1) is 16.2. The smallest absolute Gasteiger partial charge is 0.272 e. The lowest BCUT2D eigenvalue weighted by atomic mass is 10.3. The summed E-state index contributed by atoms with van der Waals surface area (Å²) in [6.45, 7) is 1.22. The minimum absolute atomic E-state index is 0.0986. The number of carbonyl (C=O) groups is 3. The van der Waals surface area contributed by atoms with Crippen molar-refractivity contribution in [1.29, 1.82) is 0 Å². The molecule has 8 nitrogen and oxygen atoms in total. The Morgan fingerprint density at radius 3 is 2.48 bits per heavy atom. The number of anilines is 1. The quantitative estimate of drug-likeness (QED) is 0.738. The van der Waals surface area contributed by atoms with E-state index in [0.717, 1.165) is 0 Å². The average Bonchev–Trinajstić information content (AvgIpc) is 2.96. The van der Waals surface area contributed by atoms with Crippen molar-refractivity contribution in [2.75, 3.05) is 18.9 Å². The number of nitrogens with one attached hydrogen (secondary N) is 3. The molecule has 0 saturated carbocycles. The zero-order valence-corrected chi connectivity index (χ0v) is 12.8. The van der Waals surface area contributed by atoms with E-state index in [-0.39, 0.29) is 24.1 Å². The van der Waals surface area contributed by atoms with Gasteiger partial charge in [0, 0.05) is 20.0 Å². The molecule has 0 fully saturated rings. The van der Waals surface area contributed by atoms with Gasteiger partial charge < -0.3 is 16.0 Å². The number of nitrogens with zero attached hydrogens (tertiary/aromatic N) is 2. The molecule has 2 rings (SSSR count). The summed E-state index contributed by atoms with van der Waals surface area (Å²) in [5.74, 6) is -0.731. The minimum Gasteiger partial charge on any atom is -0.358 e. The highest BCUT2D eigenvalue weighted by molar-refractivity contribution is 5.97. The molecule has 0 spiro atoms. The van der Waals surface area contributed by atoms with E-state index in [1.54, 1.807) is 12.1 Å². The van der Waals surface area contributed by atoms with Gasteiger partial charge in [-0.15, -0.1) is 0 Å². The lowest BCUT2D eigenvalue weighted by molar-refractivity contribution is -0.119. The van der Waals surface area contributed by atoms with E-state index in [0.29, 0.717) is 11.5 Å². The van der Waals surface area contributed by atoms with Gasteiger partial charge in [-0.05, 0) is 12.1 Å². The molecule has 1 aromatic carbocycles. The molecule has 1 heterocycles. The van der Waals surface area contributed by atoms with E-state index in [1.807, 2.05) is 18.2 Å². The van der Waals surface area contributed by atoms with Gasteiger partial charge in [0.05, 0.1) is 12.2 Å². The first-order valence-electron chi connectivity index (χ1n) is 6.93. The minimum atomic E-state index is -0.505. The van der Waals surface area contributed by atoms with Crippen LogP contribution in [-0.4, -0.2) is 41.1 Å². The van der Waals surface area contributed by atoms with Gasteiger partial charge in [0.1, 0.15) is 5.82 Å². The van der Waals surface area contributed by atoms with Gasteiger partial charge in [-0.1, -0.05) is 18.2 Å². The molecule has 120 valence electrons. The first-order valence-corrected chi connectivity index (χ1v) is 6.93. The van der Waals surface area contributed by atoms with Crippen LogP contribution in [0.1, 0.15) is 17.4 Å². The summed E-state index contributed by atoms with van der Waals surface area (Å²) in [7, 11) is 1.48. The maximum atomic E-state index is 12.1. The van der Waals surface area contributed by atoms with Crippen LogP contribution in [0.2, 0.25) is 0 Å². The number of hydrogen-bond donors (Lipinski definition) is 3. The van der Waals surface area contributed by atoms with Crippen molar-refractivity contribution in [3.63, 3.8) is 0 Å². The van der Waals surface area contributed by atoms with E-state index in [1.165, 1.54) is 24.7 Å². The largest absolute Gasteiger partial charge is 0.358 e. The van der Waals surface area contributed by atoms with Gasteiger partial charge in [-0.2, -0.15) is 5.10 Å².